The Balaban J connectivity index is 2.48. The number of hydrogen-bond donors (Lipinski definition) is 2. The number of carbonyl (C=O) groups excluding carboxylic acids is 2. The summed E-state index contributed by atoms with van der Waals surface area (Å²) >= 11 is 3.22. The first kappa shape index (κ1) is 15.5. The highest BCUT2D eigenvalue weighted by molar-refractivity contribution is 9.10. The van der Waals surface area contributed by atoms with Crippen molar-refractivity contribution >= 4 is 27.7 Å². The van der Waals surface area contributed by atoms with Crippen molar-refractivity contribution in [1.82, 2.24) is 15.8 Å². The van der Waals surface area contributed by atoms with Gasteiger partial charge in [0.2, 0.25) is 0 Å². The number of carbonyl (C=O) groups is 2. The number of halogens is 1. The van der Waals surface area contributed by atoms with Crippen LogP contribution in [0.3, 0.4) is 0 Å². The number of ether oxygens (including phenoxy) is 1. The summed E-state index contributed by atoms with van der Waals surface area (Å²) in [5.41, 5.74) is 4.49. The molecule has 0 bridgehead atoms. The molecule has 0 spiro atoms. The van der Waals surface area contributed by atoms with Crippen LogP contribution in [0.15, 0.2) is 10.6 Å². The molecule has 0 aromatic carbocycles. The van der Waals surface area contributed by atoms with Gasteiger partial charge >= 0.3 is 11.9 Å². The first-order chi connectivity index (χ1) is 8.95. The van der Waals surface area contributed by atoms with Crippen LogP contribution in [0, 0.1) is 5.92 Å². The highest BCUT2D eigenvalue weighted by Gasteiger charge is 2.20. The Labute approximate surface area is 119 Å². The molecule has 19 heavy (non-hydrogen) atoms. The van der Waals surface area contributed by atoms with Gasteiger partial charge in [-0.2, -0.15) is 0 Å². The highest BCUT2D eigenvalue weighted by atomic mass is 79.9. The van der Waals surface area contributed by atoms with Crippen LogP contribution in [0.5, 0.6) is 5.95 Å². The number of nitrogens with zero attached hydrogens (tertiary/aromatic N) is 1. The third-order valence-corrected chi connectivity index (χ3v) is 3.57. The highest BCUT2D eigenvalue weighted by Crippen LogP contribution is 2.12. The van der Waals surface area contributed by atoms with Crippen molar-refractivity contribution in [2.24, 2.45) is 5.92 Å². The Bertz CT molecular complexity index is 447. The molecule has 2 amide bonds. The molecule has 1 unspecified atom stereocenters. The van der Waals surface area contributed by atoms with Crippen LogP contribution in [0.2, 0.25) is 0 Å². The van der Waals surface area contributed by atoms with E-state index >= 15 is 0 Å². The van der Waals surface area contributed by atoms with Crippen molar-refractivity contribution in [3.63, 3.8) is 0 Å². The van der Waals surface area contributed by atoms with E-state index in [1.54, 1.807) is 6.92 Å². The van der Waals surface area contributed by atoms with Crippen molar-refractivity contribution in [1.29, 1.82) is 0 Å². The summed E-state index contributed by atoms with van der Waals surface area (Å²) in [6.45, 7) is 5.95. The van der Waals surface area contributed by atoms with Crippen LogP contribution >= 0.6 is 15.9 Å². The third kappa shape index (κ3) is 4.55. The van der Waals surface area contributed by atoms with Gasteiger partial charge in [0.25, 0.3) is 11.8 Å². The minimum atomic E-state index is -0.650. The van der Waals surface area contributed by atoms with Gasteiger partial charge in [-0.05, 0) is 12.8 Å². The Kier molecular flexibility index (Phi) is 5.81. The van der Waals surface area contributed by atoms with E-state index < -0.39 is 10.7 Å². The third-order valence-electron chi connectivity index (χ3n) is 2.10. The predicted molar refractivity (Wildman–Crippen MR) is 70.8 cm³/mol. The summed E-state index contributed by atoms with van der Waals surface area (Å²) in [5, 5.41) is 0. The SMILES string of the molecule is CCOc1cnc(C(=O)NNC(=O)C(Br)C(C)C)o1. The maximum Gasteiger partial charge on any atom is 0.325 e. The lowest BCUT2D eigenvalue weighted by Gasteiger charge is -2.13. The van der Waals surface area contributed by atoms with E-state index in [1.807, 2.05) is 13.8 Å². The molecule has 8 heteroatoms. The summed E-state index contributed by atoms with van der Waals surface area (Å²) in [5.74, 6) is -0.926. The second-order valence-electron chi connectivity index (χ2n) is 4.01. The molecule has 2 N–H and O–H groups in total. The Morgan fingerprint density at radius 1 is 1.47 bits per heavy atom. The Morgan fingerprint density at radius 2 is 2.16 bits per heavy atom. The van der Waals surface area contributed by atoms with Crippen LogP contribution in [0.25, 0.3) is 0 Å². The number of hydrazine groups is 1. The quantitative estimate of drug-likeness (QED) is 0.624. The van der Waals surface area contributed by atoms with Gasteiger partial charge in [-0.25, -0.2) is 4.98 Å². The number of oxazole rings is 1. The minimum Gasteiger partial charge on any atom is -0.464 e. The van der Waals surface area contributed by atoms with Crippen LogP contribution in [0.1, 0.15) is 31.5 Å². The smallest absolute Gasteiger partial charge is 0.325 e. The van der Waals surface area contributed by atoms with E-state index in [-0.39, 0.29) is 23.7 Å². The molecule has 0 saturated heterocycles. The van der Waals surface area contributed by atoms with Crippen molar-refractivity contribution in [3.8, 4) is 5.95 Å². The topological polar surface area (TPSA) is 93.5 Å². The van der Waals surface area contributed by atoms with Crippen molar-refractivity contribution in [3.05, 3.63) is 12.1 Å². The van der Waals surface area contributed by atoms with E-state index in [9.17, 15) is 9.59 Å². The molecule has 1 aromatic rings. The lowest BCUT2D eigenvalue weighted by Crippen LogP contribution is -2.46. The summed E-state index contributed by atoms with van der Waals surface area (Å²) in [6, 6.07) is 0. The van der Waals surface area contributed by atoms with Crippen LogP contribution < -0.4 is 15.6 Å². The minimum absolute atomic E-state index is 0.100. The fourth-order valence-corrected chi connectivity index (χ4v) is 1.23. The van der Waals surface area contributed by atoms with E-state index in [1.165, 1.54) is 6.20 Å². The average molecular weight is 334 g/mol. The average Bonchev–Trinajstić information content (AvgIpc) is 2.83. The van der Waals surface area contributed by atoms with Crippen LogP contribution in [-0.4, -0.2) is 28.2 Å². The predicted octanol–water partition coefficient (Wildman–Crippen LogP) is 1.25. The molecule has 106 valence electrons. The van der Waals surface area contributed by atoms with Gasteiger partial charge < -0.3 is 9.15 Å². The molecule has 0 radical (unpaired) electrons. The van der Waals surface area contributed by atoms with E-state index in [4.69, 9.17) is 9.15 Å². The zero-order chi connectivity index (χ0) is 14.4. The standard InChI is InChI=1S/C11H16BrN3O4/c1-4-18-7-5-13-11(19-7)10(17)15-14-9(16)8(12)6(2)3/h5-6,8H,4H2,1-3H3,(H,14,16)(H,15,17). The summed E-state index contributed by atoms with van der Waals surface area (Å²) in [7, 11) is 0. The van der Waals surface area contributed by atoms with Crippen molar-refractivity contribution in [2.45, 2.75) is 25.6 Å². The molecule has 1 rings (SSSR count). The second kappa shape index (κ2) is 7.13. The fourth-order valence-electron chi connectivity index (χ4n) is 1.12. The first-order valence-electron chi connectivity index (χ1n) is 5.78. The largest absolute Gasteiger partial charge is 0.464 e. The molecular weight excluding hydrogens is 318 g/mol. The normalized spacial score (nSPS) is 12.1. The zero-order valence-corrected chi connectivity index (χ0v) is 12.5. The molecule has 0 aliphatic heterocycles. The number of amides is 2. The summed E-state index contributed by atoms with van der Waals surface area (Å²) in [6.07, 6.45) is 1.29. The maximum atomic E-state index is 11.6. The molecule has 1 aromatic heterocycles. The Morgan fingerprint density at radius 3 is 2.74 bits per heavy atom. The van der Waals surface area contributed by atoms with E-state index in [0.717, 1.165) is 0 Å². The molecule has 0 saturated carbocycles. The summed E-state index contributed by atoms with van der Waals surface area (Å²) in [4.78, 5) is 26.5. The number of alkyl halides is 1. The molecule has 1 atom stereocenters. The maximum absolute atomic E-state index is 11.6. The van der Waals surface area contributed by atoms with Gasteiger partial charge in [0.15, 0.2) is 0 Å². The first-order valence-corrected chi connectivity index (χ1v) is 6.70. The zero-order valence-electron chi connectivity index (χ0n) is 10.9. The monoisotopic (exact) mass is 333 g/mol. The number of hydrogen-bond acceptors (Lipinski definition) is 5. The van der Waals surface area contributed by atoms with Crippen LogP contribution in [-0.2, 0) is 4.79 Å². The van der Waals surface area contributed by atoms with Gasteiger partial charge in [-0.1, -0.05) is 29.8 Å². The van der Waals surface area contributed by atoms with Gasteiger partial charge in [-0.3, -0.25) is 20.4 Å². The molecule has 0 fully saturated rings. The van der Waals surface area contributed by atoms with E-state index in [2.05, 4.69) is 31.8 Å². The van der Waals surface area contributed by atoms with Gasteiger partial charge in [0.05, 0.1) is 11.4 Å². The number of rotatable bonds is 5. The van der Waals surface area contributed by atoms with Gasteiger partial charge in [0.1, 0.15) is 6.20 Å². The lowest BCUT2D eigenvalue weighted by atomic mass is 10.1. The van der Waals surface area contributed by atoms with Gasteiger partial charge in [-0.15, -0.1) is 0 Å². The number of nitrogens with one attached hydrogen (secondary N) is 2. The Hall–Kier alpha value is -1.57. The molecule has 0 aliphatic carbocycles. The van der Waals surface area contributed by atoms with Gasteiger partial charge in [0, 0.05) is 0 Å². The van der Waals surface area contributed by atoms with Crippen molar-refractivity contribution in [2.75, 3.05) is 6.61 Å². The molecule has 1 heterocycles. The molecule has 0 aliphatic rings. The fraction of sp³-hybridized carbons (Fsp3) is 0.545. The lowest BCUT2D eigenvalue weighted by molar-refractivity contribution is -0.121. The van der Waals surface area contributed by atoms with E-state index in [0.29, 0.717) is 6.61 Å². The van der Waals surface area contributed by atoms with Crippen LogP contribution in [0.4, 0.5) is 0 Å². The molecular formula is C11H16BrN3O4. The molecule has 7 nitrogen and oxygen atoms in total. The van der Waals surface area contributed by atoms with Crippen molar-refractivity contribution < 1.29 is 18.7 Å². The second-order valence-corrected chi connectivity index (χ2v) is 4.99. The number of aromatic nitrogens is 1. The summed E-state index contributed by atoms with van der Waals surface area (Å²) < 4.78 is 10.0.